The summed E-state index contributed by atoms with van der Waals surface area (Å²) >= 11 is 0. The summed E-state index contributed by atoms with van der Waals surface area (Å²) in [6, 6.07) is 4.36. The third kappa shape index (κ3) is 3.04. The molecule has 6 nitrogen and oxygen atoms in total. The van der Waals surface area contributed by atoms with Gasteiger partial charge in [0.05, 0.1) is 29.8 Å². The van der Waals surface area contributed by atoms with Gasteiger partial charge in [-0.1, -0.05) is 0 Å². The van der Waals surface area contributed by atoms with Gasteiger partial charge < -0.3 is 14.6 Å². The second-order valence-corrected chi connectivity index (χ2v) is 6.98. The van der Waals surface area contributed by atoms with Crippen molar-refractivity contribution in [3.05, 3.63) is 18.2 Å². The number of rotatable bonds is 4. The predicted molar refractivity (Wildman–Crippen MR) is 70.9 cm³/mol. The van der Waals surface area contributed by atoms with Gasteiger partial charge in [-0.3, -0.25) is 4.79 Å². The average molecular weight is 300 g/mol. The molecule has 1 aliphatic rings. The number of carboxylic acid groups (broad SMARTS) is 1. The number of carbonyl (C=O) groups is 1. The summed E-state index contributed by atoms with van der Waals surface area (Å²) in [4.78, 5) is 10.7. The average Bonchev–Trinajstić information content (AvgIpc) is 2.61. The topological polar surface area (TPSA) is 89.9 Å². The zero-order chi connectivity index (χ0) is 14.8. The van der Waals surface area contributed by atoms with Gasteiger partial charge in [0.2, 0.25) is 0 Å². The Morgan fingerprint density at radius 2 is 1.95 bits per heavy atom. The number of hydrogen-bond donors (Lipinski definition) is 1. The van der Waals surface area contributed by atoms with E-state index in [0.29, 0.717) is 24.7 Å². The van der Waals surface area contributed by atoms with E-state index < -0.39 is 27.5 Å². The Hall–Kier alpha value is -1.76. The SMILES string of the molecule is CC(CC(=O)O)S(=O)(=O)c1ccc2c(c1)OCCCO2. The van der Waals surface area contributed by atoms with E-state index in [0.717, 1.165) is 6.42 Å². The Kier molecular flexibility index (Phi) is 4.17. The normalized spacial score (nSPS) is 16.2. The molecule has 0 amide bonds. The van der Waals surface area contributed by atoms with E-state index in [2.05, 4.69) is 0 Å². The van der Waals surface area contributed by atoms with Gasteiger partial charge in [-0.15, -0.1) is 0 Å². The fourth-order valence-corrected chi connectivity index (χ4v) is 3.26. The van der Waals surface area contributed by atoms with Gasteiger partial charge in [-0.05, 0) is 19.1 Å². The number of hydrogen-bond acceptors (Lipinski definition) is 5. The summed E-state index contributed by atoms with van der Waals surface area (Å²) in [5.41, 5.74) is 0. The summed E-state index contributed by atoms with van der Waals surface area (Å²) in [5, 5.41) is 7.72. The van der Waals surface area contributed by atoms with Crippen molar-refractivity contribution >= 4 is 15.8 Å². The molecule has 0 fully saturated rings. The Morgan fingerprint density at radius 1 is 1.30 bits per heavy atom. The van der Waals surface area contributed by atoms with Crippen LogP contribution in [-0.4, -0.2) is 38.0 Å². The number of sulfone groups is 1. The summed E-state index contributed by atoms with van der Waals surface area (Å²) in [7, 11) is -3.70. The van der Waals surface area contributed by atoms with Gasteiger partial charge in [0.15, 0.2) is 21.3 Å². The zero-order valence-electron chi connectivity index (χ0n) is 11.0. The van der Waals surface area contributed by atoms with Gasteiger partial charge in [0.25, 0.3) is 0 Å². The molecule has 0 radical (unpaired) electrons. The van der Waals surface area contributed by atoms with E-state index in [1.54, 1.807) is 6.07 Å². The molecule has 1 aromatic rings. The Bertz CT molecular complexity index is 607. The number of benzene rings is 1. The first-order valence-corrected chi connectivity index (χ1v) is 7.81. The molecule has 1 atom stereocenters. The van der Waals surface area contributed by atoms with Crippen LogP contribution in [0.3, 0.4) is 0 Å². The van der Waals surface area contributed by atoms with Crippen molar-refractivity contribution in [2.75, 3.05) is 13.2 Å². The Labute approximate surface area is 117 Å². The summed E-state index contributed by atoms with van der Waals surface area (Å²) in [6.07, 6.45) is 0.295. The van der Waals surface area contributed by atoms with Crippen LogP contribution in [0.5, 0.6) is 11.5 Å². The minimum Gasteiger partial charge on any atom is -0.490 e. The lowest BCUT2D eigenvalue weighted by Crippen LogP contribution is -2.21. The standard InChI is InChI=1S/C13H16O6S/c1-9(7-13(14)15)20(16,17)10-3-4-11-12(8-10)19-6-2-5-18-11/h3-4,8-9H,2,5-7H2,1H3,(H,14,15). The molecule has 0 spiro atoms. The largest absolute Gasteiger partial charge is 0.490 e. The summed E-state index contributed by atoms with van der Waals surface area (Å²) < 4.78 is 35.4. The van der Waals surface area contributed by atoms with Crippen LogP contribution in [0.15, 0.2) is 23.1 Å². The Balaban J connectivity index is 2.33. The van der Waals surface area contributed by atoms with Crippen molar-refractivity contribution in [1.82, 2.24) is 0 Å². The van der Waals surface area contributed by atoms with Crippen LogP contribution in [0, 0.1) is 0 Å². The van der Waals surface area contributed by atoms with Crippen LogP contribution in [0.4, 0.5) is 0 Å². The van der Waals surface area contributed by atoms with Crippen LogP contribution in [0.1, 0.15) is 19.8 Å². The zero-order valence-corrected chi connectivity index (χ0v) is 11.9. The molecular formula is C13H16O6S. The number of carboxylic acids is 1. The molecule has 20 heavy (non-hydrogen) atoms. The van der Waals surface area contributed by atoms with Gasteiger partial charge in [-0.25, -0.2) is 8.42 Å². The highest BCUT2D eigenvalue weighted by Crippen LogP contribution is 2.33. The first-order chi connectivity index (χ1) is 9.41. The molecule has 1 unspecified atom stereocenters. The molecule has 7 heteroatoms. The fraction of sp³-hybridized carbons (Fsp3) is 0.462. The lowest BCUT2D eigenvalue weighted by Gasteiger charge is -2.13. The second kappa shape index (κ2) is 5.70. The summed E-state index contributed by atoms with van der Waals surface area (Å²) in [5.74, 6) is -0.256. The first kappa shape index (κ1) is 14.6. The van der Waals surface area contributed by atoms with Crippen LogP contribution in [-0.2, 0) is 14.6 Å². The van der Waals surface area contributed by atoms with Crippen molar-refractivity contribution in [2.45, 2.75) is 29.9 Å². The van der Waals surface area contributed by atoms with Crippen molar-refractivity contribution in [1.29, 1.82) is 0 Å². The highest BCUT2D eigenvalue weighted by Gasteiger charge is 2.27. The third-order valence-corrected chi connectivity index (χ3v) is 5.18. The van der Waals surface area contributed by atoms with Crippen molar-refractivity contribution < 1.29 is 27.8 Å². The van der Waals surface area contributed by atoms with Crippen LogP contribution in [0.2, 0.25) is 0 Å². The Morgan fingerprint density at radius 3 is 2.60 bits per heavy atom. The van der Waals surface area contributed by atoms with Crippen LogP contribution < -0.4 is 9.47 Å². The maximum Gasteiger partial charge on any atom is 0.304 e. The minimum absolute atomic E-state index is 0.0514. The lowest BCUT2D eigenvalue weighted by atomic mass is 10.3. The van der Waals surface area contributed by atoms with Gasteiger partial charge in [0, 0.05) is 12.5 Å². The van der Waals surface area contributed by atoms with E-state index in [1.165, 1.54) is 19.1 Å². The van der Waals surface area contributed by atoms with E-state index in [-0.39, 0.29) is 4.90 Å². The van der Waals surface area contributed by atoms with Crippen molar-refractivity contribution in [3.63, 3.8) is 0 Å². The molecule has 0 saturated carbocycles. The molecule has 2 rings (SSSR count). The van der Waals surface area contributed by atoms with E-state index in [1.807, 2.05) is 0 Å². The quantitative estimate of drug-likeness (QED) is 0.906. The van der Waals surface area contributed by atoms with Gasteiger partial charge in [-0.2, -0.15) is 0 Å². The van der Waals surface area contributed by atoms with Crippen LogP contribution >= 0.6 is 0 Å². The van der Waals surface area contributed by atoms with E-state index in [4.69, 9.17) is 14.6 Å². The molecule has 0 saturated heterocycles. The molecule has 0 bridgehead atoms. The molecule has 1 heterocycles. The minimum atomic E-state index is -3.70. The van der Waals surface area contributed by atoms with Gasteiger partial charge in [0.1, 0.15) is 0 Å². The molecule has 110 valence electrons. The molecule has 1 N–H and O–H groups in total. The highest BCUT2D eigenvalue weighted by atomic mass is 32.2. The first-order valence-electron chi connectivity index (χ1n) is 6.26. The lowest BCUT2D eigenvalue weighted by molar-refractivity contribution is -0.136. The second-order valence-electron chi connectivity index (χ2n) is 4.61. The molecule has 0 aromatic heterocycles. The number of ether oxygens (including phenoxy) is 2. The van der Waals surface area contributed by atoms with Crippen molar-refractivity contribution in [3.8, 4) is 11.5 Å². The third-order valence-electron chi connectivity index (χ3n) is 3.04. The maximum absolute atomic E-state index is 12.3. The predicted octanol–water partition coefficient (Wildman–Crippen LogP) is 1.48. The van der Waals surface area contributed by atoms with E-state index in [9.17, 15) is 13.2 Å². The van der Waals surface area contributed by atoms with E-state index >= 15 is 0 Å². The van der Waals surface area contributed by atoms with Gasteiger partial charge >= 0.3 is 5.97 Å². The molecule has 0 aliphatic carbocycles. The number of fused-ring (bicyclic) bond motifs is 1. The molecular weight excluding hydrogens is 284 g/mol. The smallest absolute Gasteiger partial charge is 0.304 e. The molecule has 1 aliphatic heterocycles. The monoisotopic (exact) mass is 300 g/mol. The maximum atomic E-state index is 12.3. The fourth-order valence-electron chi connectivity index (χ4n) is 1.91. The van der Waals surface area contributed by atoms with Crippen molar-refractivity contribution in [2.24, 2.45) is 0 Å². The summed E-state index contributed by atoms with van der Waals surface area (Å²) in [6.45, 7) is 2.36. The number of aliphatic carboxylic acids is 1. The van der Waals surface area contributed by atoms with Crippen LogP contribution in [0.25, 0.3) is 0 Å². The highest BCUT2D eigenvalue weighted by molar-refractivity contribution is 7.92. The molecule has 1 aromatic carbocycles.